The summed E-state index contributed by atoms with van der Waals surface area (Å²) in [6.07, 6.45) is 0. The molecule has 0 saturated heterocycles. The second-order valence-electron chi connectivity index (χ2n) is 4.14. The van der Waals surface area contributed by atoms with Gasteiger partial charge in [0.05, 0.1) is 0 Å². The summed E-state index contributed by atoms with van der Waals surface area (Å²) in [6, 6.07) is 17.4. The lowest BCUT2D eigenvalue weighted by atomic mass is 9.96. The fourth-order valence-electron chi connectivity index (χ4n) is 1.58. The number of carbonyl (C=O) groups excluding carboxylic acids is 1. The minimum absolute atomic E-state index is 0.415. The molecule has 2 aromatic rings. The molecule has 0 spiro atoms. The molecule has 0 bridgehead atoms. The summed E-state index contributed by atoms with van der Waals surface area (Å²) in [4.78, 5) is 12.0. The van der Waals surface area contributed by atoms with Crippen LogP contribution in [0.4, 0.5) is 0 Å². The van der Waals surface area contributed by atoms with Gasteiger partial charge in [-0.3, -0.25) is 0 Å². The molecule has 3 heteroatoms. The van der Waals surface area contributed by atoms with Crippen LogP contribution in [0.1, 0.15) is 12.5 Å². The smallest absolute Gasteiger partial charge is 0.347 e. The molecule has 1 unspecified atom stereocenters. The highest BCUT2D eigenvalue weighted by Gasteiger charge is 2.34. The third-order valence-electron chi connectivity index (χ3n) is 2.69. The van der Waals surface area contributed by atoms with E-state index in [4.69, 9.17) is 4.74 Å². The SMILES string of the molecule is CC(O)(C(=O)Oc1ccccc1)c1ccccc1. The Kier molecular flexibility index (Phi) is 3.44. The van der Waals surface area contributed by atoms with Gasteiger partial charge in [0.2, 0.25) is 0 Å². The third-order valence-corrected chi connectivity index (χ3v) is 2.69. The Bertz CT molecular complexity index is 518. The van der Waals surface area contributed by atoms with Crippen LogP contribution in [-0.4, -0.2) is 11.1 Å². The average Bonchev–Trinajstić information content (AvgIpc) is 2.41. The molecule has 1 N–H and O–H groups in total. The Labute approximate surface area is 106 Å². The molecule has 0 fully saturated rings. The van der Waals surface area contributed by atoms with Crippen molar-refractivity contribution in [2.75, 3.05) is 0 Å². The molecule has 0 aliphatic heterocycles. The molecule has 92 valence electrons. The number of hydrogen-bond acceptors (Lipinski definition) is 3. The van der Waals surface area contributed by atoms with E-state index in [2.05, 4.69) is 0 Å². The van der Waals surface area contributed by atoms with Gasteiger partial charge in [-0.25, -0.2) is 4.79 Å². The summed E-state index contributed by atoms with van der Waals surface area (Å²) in [5, 5.41) is 10.2. The standard InChI is InChI=1S/C15H14O3/c1-15(17,12-8-4-2-5-9-12)14(16)18-13-10-6-3-7-11-13/h2-11,17H,1H3. The molecule has 0 aliphatic carbocycles. The fourth-order valence-corrected chi connectivity index (χ4v) is 1.58. The number of hydrogen-bond donors (Lipinski definition) is 1. The first-order chi connectivity index (χ1) is 8.60. The molecule has 0 radical (unpaired) electrons. The first-order valence-corrected chi connectivity index (χ1v) is 5.66. The minimum atomic E-state index is -1.66. The Morgan fingerprint density at radius 2 is 1.50 bits per heavy atom. The number of ether oxygens (including phenoxy) is 1. The highest BCUT2D eigenvalue weighted by molar-refractivity contribution is 5.82. The Morgan fingerprint density at radius 3 is 2.06 bits per heavy atom. The van der Waals surface area contributed by atoms with Gasteiger partial charge in [-0.05, 0) is 24.6 Å². The maximum absolute atomic E-state index is 12.0. The van der Waals surface area contributed by atoms with Crippen molar-refractivity contribution in [3.63, 3.8) is 0 Å². The van der Waals surface area contributed by atoms with E-state index in [9.17, 15) is 9.90 Å². The van der Waals surface area contributed by atoms with Crippen LogP contribution in [0, 0.1) is 0 Å². The van der Waals surface area contributed by atoms with E-state index in [1.807, 2.05) is 12.1 Å². The van der Waals surface area contributed by atoms with E-state index in [0.717, 1.165) is 0 Å². The van der Waals surface area contributed by atoms with Crippen LogP contribution in [0.2, 0.25) is 0 Å². The van der Waals surface area contributed by atoms with E-state index in [1.54, 1.807) is 48.5 Å². The van der Waals surface area contributed by atoms with Gasteiger partial charge in [-0.2, -0.15) is 0 Å². The first-order valence-electron chi connectivity index (χ1n) is 5.66. The molecule has 0 aliphatic rings. The molecule has 0 heterocycles. The van der Waals surface area contributed by atoms with Crippen molar-refractivity contribution in [1.82, 2.24) is 0 Å². The molecular formula is C15H14O3. The van der Waals surface area contributed by atoms with Gasteiger partial charge in [0.1, 0.15) is 5.75 Å². The van der Waals surface area contributed by atoms with Gasteiger partial charge < -0.3 is 9.84 Å². The number of carbonyl (C=O) groups is 1. The lowest BCUT2D eigenvalue weighted by Crippen LogP contribution is -2.36. The van der Waals surface area contributed by atoms with Crippen LogP contribution >= 0.6 is 0 Å². The number of benzene rings is 2. The summed E-state index contributed by atoms with van der Waals surface area (Å²) < 4.78 is 5.14. The van der Waals surface area contributed by atoms with E-state index < -0.39 is 11.6 Å². The van der Waals surface area contributed by atoms with Crippen molar-refractivity contribution in [1.29, 1.82) is 0 Å². The van der Waals surface area contributed by atoms with Crippen LogP contribution < -0.4 is 4.74 Å². The van der Waals surface area contributed by atoms with Crippen LogP contribution in [0.3, 0.4) is 0 Å². The second-order valence-corrected chi connectivity index (χ2v) is 4.14. The van der Waals surface area contributed by atoms with Gasteiger partial charge in [0.25, 0.3) is 0 Å². The largest absolute Gasteiger partial charge is 0.424 e. The predicted octanol–water partition coefficient (Wildman–Crippen LogP) is 2.50. The van der Waals surface area contributed by atoms with Crippen molar-refractivity contribution in [2.45, 2.75) is 12.5 Å². The highest BCUT2D eigenvalue weighted by atomic mass is 16.6. The van der Waals surface area contributed by atoms with Crippen LogP contribution in [-0.2, 0) is 10.4 Å². The van der Waals surface area contributed by atoms with Crippen molar-refractivity contribution in [3.05, 3.63) is 66.2 Å². The van der Waals surface area contributed by atoms with Crippen LogP contribution in [0.25, 0.3) is 0 Å². The minimum Gasteiger partial charge on any atom is -0.424 e. The second kappa shape index (κ2) is 5.02. The zero-order chi connectivity index (χ0) is 13.0. The number of rotatable bonds is 3. The molecule has 2 aromatic carbocycles. The Balaban J connectivity index is 2.18. The normalized spacial score (nSPS) is 13.7. The Hall–Kier alpha value is -2.13. The van der Waals surface area contributed by atoms with Crippen molar-refractivity contribution in [2.24, 2.45) is 0 Å². The third kappa shape index (κ3) is 2.57. The molecule has 18 heavy (non-hydrogen) atoms. The maximum Gasteiger partial charge on any atom is 0.347 e. The summed E-state index contributed by atoms with van der Waals surface area (Å²) in [6.45, 7) is 1.42. The van der Waals surface area contributed by atoms with Gasteiger partial charge in [-0.1, -0.05) is 48.5 Å². The highest BCUT2D eigenvalue weighted by Crippen LogP contribution is 2.23. The fraction of sp³-hybridized carbons (Fsp3) is 0.133. The average molecular weight is 242 g/mol. The van der Waals surface area contributed by atoms with Gasteiger partial charge in [-0.15, -0.1) is 0 Å². The molecule has 3 nitrogen and oxygen atoms in total. The van der Waals surface area contributed by atoms with Crippen molar-refractivity contribution < 1.29 is 14.6 Å². The van der Waals surface area contributed by atoms with E-state index in [0.29, 0.717) is 11.3 Å². The Morgan fingerprint density at radius 1 is 1.00 bits per heavy atom. The molecule has 0 amide bonds. The molecule has 0 saturated carbocycles. The number of para-hydroxylation sites is 1. The lowest BCUT2D eigenvalue weighted by molar-refractivity contribution is -0.154. The summed E-state index contributed by atoms with van der Waals surface area (Å²) in [7, 11) is 0. The summed E-state index contributed by atoms with van der Waals surface area (Å²) >= 11 is 0. The van der Waals surface area contributed by atoms with Crippen LogP contribution in [0.15, 0.2) is 60.7 Å². The van der Waals surface area contributed by atoms with Gasteiger partial charge >= 0.3 is 5.97 Å². The van der Waals surface area contributed by atoms with Crippen LogP contribution in [0.5, 0.6) is 5.75 Å². The lowest BCUT2D eigenvalue weighted by Gasteiger charge is -2.21. The monoisotopic (exact) mass is 242 g/mol. The van der Waals surface area contributed by atoms with E-state index in [1.165, 1.54) is 6.92 Å². The number of aliphatic hydroxyl groups is 1. The van der Waals surface area contributed by atoms with Crippen molar-refractivity contribution in [3.8, 4) is 5.75 Å². The van der Waals surface area contributed by atoms with Crippen molar-refractivity contribution >= 4 is 5.97 Å². The predicted molar refractivity (Wildman–Crippen MR) is 68.1 cm³/mol. The molecular weight excluding hydrogens is 228 g/mol. The van der Waals surface area contributed by atoms with E-state index >= 15 is 0 Å². The molecule has 0 aromatic heterocycles. The maximum atomic E-state index is 12.0. The van der Waals surface area contributed by atoms with E-state index in [-0.39, 0.29) is 0 Å². The van der Waals surface area contributed by atoms with Gasteiger partial charge in [0.15, 0.2) is 5.60 Å². The molecule has 1 atom stereocenters. The summed E-state index contributed by atoms with van der Waals surface area (Å²) in [5.74, 6) is -0.279. The number of esters is 1. The first kappa shape index (κ1) is 12.3. The van der Waals surface area contributed by atoms with Gasteiger partial charge in [0, 0.05) is 0 Å². The zero-order valence-corrected chi connectivity index (χ0v) is 10.0. The molecule has 2 rings (SSSR count). The topological polar surface area (TPSA) is 46.5 Å². The summed E-state index contributed by atoms with van der Waals surface area (Å²) in [5.41, 5.74) is -1.15. The zero-order valence-electron chi connectivity index (χ0n) is 10.0. The quantitative estimate of drug-likeness (QED) is 0.664.